The lowest BCUT2D eigenvalue weighted by Crippen LogP contribution is -2.29. The summed E-state index contributed by atoms with van der Waals surface area (Å²) in [5, 5.41) is 7.29. The van der Waals surface area contributed by atoms with Crippen molar-refractivity contribution in [3.63, 3.8) is 0 Å². The lowest BCUT2D eigenvalue weighted by atomic mass is 9.67. The first-order valence-electron chi connectivity index (χ1n) is 22.6. The van der Waals surface area contributed by atoms with Gasteiger partial charge in [0.05, 0.1) is 11.1 Å². The Morgan fingerprint density at radius 2 is 0.738 bits per heavy atom. The van der Waals surface area contributed by atoms with Crippen LogP contribution in [0.3, 0.4) is 0 Å². The van der Waals surface area contributed by atoms with E-state index in [1.54, 1.807) is 0 Å². The highest BCUT2D eigenvalue weighted by Crippen LogP contribution is 2.60. The van der Waals surface area contributed by atoms with E-state index in [0.29, 0.717) is 0 Å². The molecule has 0 amide bonds. The van der Waals surface area contributed by atoms with Crippen molar-refractivity contribution < 1.29 is 0 Å². The van der Waals surface area contributed by atoms with Gasteiger partial charge < -0.3 is 9.80 Å². The van der Waals surface area contributed by atoms with E-state index in [1.165, 1.54) is 76.8 Å². The van der Waals surface area contributed by atoms with Gasteiger partial charge in [-0.3, -0.25) is 0 Å². The molecule has 0 saturated heterocycles. The minimum atomic E-state index is -0.674. The summed E-state index contributed by atoms with van der Waals surface area (Å²) in [6, 6.07) is 90.1. The van der Waals surface area contributed by atoms with Crippen LogP contribution in [0.2, 0.25) is 0 Å². The second-order valence-corrected chi connectivity index (χ2v) is 17.5. The Morgan fingerprint density at radius 1 is 0.308 bits per heavy atom. The van der Waals surface area contributed by atoms with Crippen molar-refractivity contribution in [2.45, 2.75) is 19.3 Å². The van der Waals surface area contributed by atoms with Crippen molar-refractivity contribution in [2.75, 3.05) is 9.80 Å². The molecule has 0 spiro atoms. The quantitative estimate of drug-likeness (QED) is 0.151. The Bertz CT molecular complexity index is 3520. The maximum atomic E-state index is 2.52. The highest BCUT2D eigenvalue weighted by molar-refractivity contribution is 6.11. The van der Waals surface area contributed by atoms with Gasteiger partial charge in [0.15, 0.2) is 0 Å². The van der Waals surface area contributed by atoms with Crippen LogP contribution < -0.4 is 9.80 Å². The lowest BCUT2D eigenvalue weighted by Gasteiger charge is -2.36. The molecule has 0 atom stereocenters. The van der Waals surface area contributed by atoms with Gasteiger partial charge in [-0.05, 0) is 141 Å². The van der Waals surface area contributed by atoms with Gasteiger partial charge in [-0.1, -0.05) is 187 Å². The van der Waals surface area contributed by atoms with Gasteiger partial charge in [0.1, 0.15) is 0 Å². The first kappa shape index (κ1) is 38.5. The maximum Gasteiger partial charge on any atom is 0.0715 e. The second kappa shape index (κ2) is 15.6. The molecule has 2 heteroatoms. The Balaban J connectivity index is 1.18. The molecule has 11 aromatic carbocycles. The fraction of sp³-hybridized carbons (Fsp3) is 0.0476. The van der Waals surface area contributed by atoms with Crippen LogP contribution in [0.5, 0.6) is 0 Å². The molecule has 0 bridgehead atoms. The van der Waals surface area contributed by atoms with Gasteiger partial charge in [0, 0.05) is 33.8 Å². The highest BCUT2D eigenvalue weighted by atomic mass is 15.1. The predicted molar refractivity (Wildman–Crippen MR) is 275 cm³/mol. The van der Waals surface area contributed by atoms with Crippen molar-refractivity contribution in [1.82, 2.24) is 0 Å². The zero-order valence-electron chi connectivity index (χ0n) is 36.5. The average Bonchev–Trinajstić information content (AvgIpc) is 3.66. The van der Waals surface area contributed by atoms with Crippen LogP contribution in [-0.2, 0) is 5.41 Å². The van der Waals surface area contributed by atoms with Gasteiger partial charge in [-0.25, -0.2) is 0 Å². The third kappa shape index (κ3) is 6.32. The highest BCUT2D eigenvalue weighted by Gasteiger charge is 2.48. The summed E-state index contributed by atoms with van der Waals surface area (Å²) in [5.74, 6) is 0. The van der Waals surface area contributed by atoms with Crippen LogP contribution in [0.4, 0.5) is 34.1 Å². The monoisotopic (exact) mass is 830 g/mol. The number of fused-ring (bicyclic) bond motifs is 7. The molecule has 308 valence electrons. The van der Waals surface area contributed by atoms with Crippen LogP contribution >= 0.6 is 0 Å². The summed E-state index contributed by atoms with van der Waals surface area (Å²) in [6.07, 6.45) is 0. The van der Waals surface area contributed by atoms with Crippen molar-refractivity contribution >= 4 is 66.4 Å². The normalized spacial score (nSPS) is 12.6. The average molecular weight is 831 g/mol. The largest absolute Gasteiger partial charge is 0.310 e. The smallest absolute Gasteiger partial charge is 0.0715 e. The fourth-order valence-electron chi connectivity index (χ4n) is 10.5. The number of aryl methyl sites for hydroxylation is 2. The van der Waals surface area contributed by atoms with E-state index >= 15 is 0 Å². The van der Waals surface area contributed by atoms with Crippen LogP contribution in [0.15, 0.2) is 243 Å². The number of benzene rings is 11. The Kier molecular flexibility index (Phi) is 9.21. The molecule has 0 N–H and O–H groups in total. The van der Waals surface area contributed by atoms with Gasteiger partial charge in [0.2, 0.25) is 0 Å². The lowest BCUT2D eigenvalue weighted by molar-refractivity contribution is 0.769. The Morgan fingerprint density at radius 3 is 1.31 bits per heavy atom. The van der Waals surface area contributed by atoms with Gasteiger partial charge in [-0.15, -0.1) is 0 Å². The topological polar surface area (TPSA) is 6.48 Å². The summed E-state index contributed by atoms with van der Waals surface area (Å²) in [5.41, 5.74) is 16.0. The molecule has 0 saturated carbocycles. The summed E-state index contributed by atoms with van der Waals surface area (Å²) in [4.78, 5) is 4.90. The molecule has 0 aromatic heterocycles. The molecule has 0 aliphatic heterocycles. The predicted octanol–water partition coefficient (Wildman–Crippen LogP) is 17.1. The van der Waals surface area contributed by atoms with E-state index in [1.807, 2.05) is 0 Å². The fourth-order valence-corrected chi connectivity index (χ4v) is 10.5. The van der Waals surface area contributed by atoms with Crippen LogP contribution in [-0.4, -0.2) is 0 Å². The van der Waals surface area contributed by atoms with Crippen molar-refractivity contribution in [1.29, 1.82) is 0 Å². The van der Waals surface area contributed by atoms with E-state index in [-0.39, 0.29) is 0 Å². The minimum absolute atomic E-state index is 0.674. The molecule has 12 rings (SSSR count). The number of rotatable bonds is 8. The SMILES string of the molecule is Cc1ccc(N(c2ccc3c(c2)C(c2ccccc2)(c2ccccc2)c2cc(N(c4ccc(C)cc4)c4ccc5ccccc5c4)c4ccccc4c2-3)c2ccc3ccccc3c2)cc1. The van der Waals surface area contributed by atoms with E-state index in [4.69, 9.17) is 0 Å². The molecular weight excluding hydrogens is 785 g/mol. The number of hydrogen-bond donors (Lipinski definition) is 0. The number of anilines is 6. The molecule has 1 aliphatic rings. The minimum Gasteiger partial charge on any atom is -0.310 e. The number of nitrogens with zero attached hydrogens (tertiary/aromatic N) is 2. The molecule has 1 aliphatic carbocycles. The van der Waals surface area contributed by atoms with Crippen molar-refractivity contribution in [3.05, 3.63) is 276 Å². The van der Waals surface area contributed by atoms with E-state index in [0.717, 1.165) is 34.1 Å². The molecule has 2 nitrogen and oxygen atoms in total. The summed E-state index contributed by atoms with van der Waals surface area (Å²) < 4.78 is 0. The van der Waals surface area contributed by atoms with Crippen LogP contribution in [0.1, 0.15) is 33.4 Å². The molecule has 0 heterocycles. The van der Waals surface area contributed by atoms with Gasteiger partial charge in [-0.2, -0.15) is 0 Å². The molecule has 65 heavy (non-hydrogen) atoms. The Hall–Kier alpha value is -8.20. The molecular formula is C63H46N2. The van der Waals surface area contributed by atoms with Crippen LogP contribution in [0, 0.1) is 13.8 Å². The zero-order chi connectivity index (χ0) is 43.5. The second-order valence-electron chi connectivity index (χ2n) is 17.5. The first-order chi connectivity index (χ1) is 32.0. The third-order valence-corrected chi connectivity index (χ3v) is 13.6. The standard InChI is InChI=1S/C63H46N2/c1-43-25-31-51(32-26-43)64(53-35-29-45-15-9-11-17-47(45)39-53)55-37-38-58-59(41-55)63(49-19-5-3-6-20-49,50-21-7-4-8-22-50)60-42-61(56-23-13-14-24-57(56)62(58)60)65(52-33-27-44(2)28-34-52)54-36-30-46-16-10-12-18-48(46)40-54/h3-42H,1-2H3. The third-order valence-electron chi connectivity index (χ3n) is 13.6. The Labute approximate surface area is 380 Å². The molecule has 11 aromatic rings. The summed E-state index contributed by atoms with van der Waals surface area (Å²) in [7, 11) is 0. The van der Waals surface area contributed by atoms with Gasteiger partial charge >= 0.3 is 0 Å². The number of hydrogen-bond acceptors (Lipinski definition) is 2. The first-order valence-corrected chi connectivity index (χ1v) is 22.6. The summed E-state index contributed by atoms with van der Waals surface area (Å²) >= 11 is 0. The van der Waals surface area contributed by atoms with Crippen molar-refractivity contribution in [2.24, 2.45) is 0 Å². The maximum absolute atomic E-state index is 2.52. The van der Waals surface area contributed by atoms with Crippen LogP contribution in [0.25, 0.3) is 43.4 Å². The zero-order valence-corrected chi connectivity index (χ0v) is 36.5. The van der Waals surface area contributed by atoms with E-state index in [9.17, 15) is 0 Å². The molecule has 0 fully saturated rings. The van der Waals surface area contributed by atoms with Gasteiger partial charge in [0.25, 0.3) is 0 Å². The molecule has 0 radical (unpaired) electrons. The van der Waals surface area contributed by atoms with Crippen molar-refractivity contribution in [3.8, 4) is 11.1 Å². The molecule has 0 unspecified atom stereocenters. The van der Waals surface area contributed by atoms with E-state index in [2.05, 4.69) is 266 Å². The summed E-state index contributed by atoms with van der Waals surface area (Å²) in [6.45, 7) is 4.32. The van der Waals surface area contributed by atoms with E-state index < -0.39 is 5.41 Å².